The molecule has 0 aromatic heterocycles. The molecule has 2 rings (SSSR count). The van der Waals surface area contributed by atoms with E-state index in [0.29, 0.717) is 10.8 Å². The molecule has 1 nitrogen and oxygen atoms in total. The van der Waals surface area contributed by atoms with E-state index in [-0.39, 0.29) is 6.04 Å². The Bertz CT molecular complexity index is 364. The fourth-order valence-electron chi connectivity index (χ4n) is 2.16. The van der Waals surface area contributed by atoms with Gasteiger partial charge >= 0.3 is 0 Å². The molecule has 1 heterocycles. The fourth-order valence-corrected chi connectivity index (χ4v) is 3.61. The summed E-state index contributed by atoms with van der Waals surface area (Å²) in [7, 11) is 1.83. The van der Waals surface area contributed by atoms with E-state index in [2.05, 4.69) is 5.32 Å². The van der Waals surface area contributed by atoms with Gasteiger partial charge in [-0.25, -0.2) is 8.78 Å². The molecule has 0 aliphatic carbocycles. The summed E-state index contributed by atoms with van der Waals surface area (Å²) in [5, 5.41) is 3.53. The van der Waals surface area contributed by atoms with Crippen molar-refractivity contribution in [2.75, 3.05) is 12.8 Å². The lowest BCUT2D eigenvalue weighted by molar-refractivity contribution is 0.504. The van der Waals surface area contributed by atoms with E-state index in [4.69, 9.17) is 0 Å². The third-order valence-corrected chi connectivity index (χ3v) is 4.41. The molecule has 1 aliphatic rings. The van der Waals surface area contributed by atoms with Gasteiger partial charge in [-0.3, -0.25) is 0 Å². The van der Waals surface area contributed by atoms with Crippen LogP contribution in [0.2, 0.25) is 0 Å². The van der Waals surface area contributed by atoms with Crippen molar-refractivity contribution >= 4 is 11.8 Å². The topological polar surface area (TPSA) is 12.0 Å². The first-order chi connectivity index (χ1) is 7.72. The number of thioether (sulfide) groups is 1. The average molecular weight is 243 g/mol. The number of nitrogens with one attached hydrogen (secondary N) is 1. The Morgan fingerprint density at radius 3 is 2.81 bits per heavy atom. The van der Waals surface area contributed by atoms with E-state index in [1.807, 2.05) is 18.8 Å². The third-order valence-electron chi connectivity index (χ3n) is 2.95. The normalized spacial score (nSPS) is 22.3. The Morgan fingerprint density at radius 2 is 2.25 bits per heavy atom. The highest BCUT2D eigenvalue weighted by Gasteiger charge is 2.27. The van der Waals surface area contributed by atoms with Crippen molar-refractivity contribution in [2.45, 2.75) is 24.1 Å². The minimum Gasteiger partial charge on any atom is -0.312 e. The summed E-state index contributed by atoms with van der Waals surface area (Å²) in [5.41, 5.74) is 0.572. The lowest BCUT2D eigenvalue weighted by atomic mass is 10.0. The summed E-state index contributed by atoms with van der Waals surface area (Å²) in [5.74, 6) is 0.160. The molecule has 88 valence electrons. The first kappa shape index (κ1) is 11.9. The highest BCUT2D eigenvalue weighted by molar-refractivity contribution is 8.00. The van der Waals surface area contributed by atoms with Gasteiger partial charge in [0.2, 0.25) is 0 Å². The van der Waals surface area contributed by atoms with Gasteiger partial charge in [0.1, 0.15) is 11.6 Å². The molecule has 1 aromatic rings. The van der Waals surface area contributed by atoms with Crippen molar-refractivity contribution in [3.05, 3.63) is 35.4 Å². The van der Waals surface area contributed by atoms with E-state index in [1.165, 1.54) is 12.5 Å². The molecule has 16 heavy (non-hydrogen) atoms. The SMILES string of the molecule is CNC(c1ccc(F)cc1F)C1CCCS1. The smallest absolute Gasteiger partial charge is 0.130 e. The Balaban J connectivity index is 2.25. The largest absolute Gasteiger partial charge is 0.312 e. The molecule has 1 N–H and O–H groups in total. The molecule has 2 unspecified atom stereocenters. The maximum atomic E-state index is 13.7. The van der Waals surface area contributed by atoms with Crippen LogP contribution in [0.15, 0.2) is 18.2 Å². The quantitative estimate of drug-likeness (QED) is 0.875. The molecular weight excluding hydrogens is 228 g/mol. The van der Waals surface area contributed by atoms with Crippen LogP contribution in [-0.2, 0) is 0 Å². The van der Waals surface area contributed by atoms with Crippen LogP contribution in [-0.4, -0.2) is 18.1 Å². The van der Waals surface area contributed by atoms with E-state index < -0.39 is 11.6 Å². The van der Waals surface area contributed by atoms with Gasteiger partial charge in [0.25, 0.3) is 0 Å². The van der Waals surface area contributed by atoms with E-state index in [1.54, 1.807) is 6.07 Å². The lowest BCUT2D eigenvalue weighted by Gasteiger charge is -2.23. The predicted molar refractivity (Wildman–Crippen MR) is 63.6 cm³/mol. The second kappa shape index (κ2) is 5.15. The predicted octanol–water partition coefficient (Wildman–Crippen LogP) is 3.12. The first-order valence-corrected chi connectivity index (χ1v) is 6.51. The van der Waals surface area contributed by atoms with Gasteiger partial charge in [-0.1, -0.05) is 6.07 Å². The van der Waals surface area contributed by atoms with Crippen LogP contribution in [0.3, 0.4) is 0 Å². The lowest BCUT2D eigenvalue weighted by Crippen LogP contribution is -2.26. The maximum Gasteiger partial charge on any atom is 0.130 e. The van der Waals surface area contributed by atoms with Gasteiger partial charge in [-0.2, -0.15) is 11.8 Å². The zero-order valence-electron chi connectivity index (χ0n) is 9.17. The van der Waals surface area contributed by atoms with Crippen molar-refractivity contribution in [1.29, 1.82) is 0 Å². The zero-order chi connectivity index (χ0) is 11.5. The van der Waals surface area contributed by atoms with Gasteiger partial charge in [0.15, 0.2) is 0 Å². The van der Waals surface area contributed by atoms with Crippen molar-refractivity contribution in [3.8, 4) is 0 Å². The molecule has 1 aliphatic heterocycles. The number of hydrogen-bond acceptors (Lipinski definition) is 2. The molecule has 0 spiro atoms. The Labute approximate surface area is 98.6 Å². The van der Waals surface area contributed by atoms with Gasteiger partial charge in [-0.05, 0) is 31.7 Å². The molecule has 0 bridgehead atoms. The van der Waals surface area contributed by atoms with E-state index >= 15 is 0 Å². The average Bonchev–Trinajstić information content (AvgIpc) is 2.75. The van der Waals surface area contributed by atoms with Crippen molar-refractivity contribution in [2.24, 2.45) is 0 Å². The van der Waals surface area contributed by atoms with Crippen LogP contribution in [0.5, 0.6) is 0 Å². The summed E-state index contributed by atoms with van der Waals surface area (Å²) in [4.78, 5) is 0. The molecule has 1 aromatic carbocycles. The molecule has 2 atom stereocenters. The zero-order valence-corrected chi connectivity index (χ0v) is 9.99. The molecule has 1 saturated heterocycles. The molecule has 1 fully saturated rings. The first-order valence-electron chi connectivity index (χ1n) is 5.46. The Kier molecular flexibility index (Phi) is 3.82. The van der Waals surface area contributed by atoms with Crippen molar-refractivity contribution < 1.29 is 8.78 Å². The number of benzene rings is 1. The van der Waals surface area contributed by atoms with E-state index in [9.17, 15) is 8.78 Å². The molecular formula is C12H15F2NS. The molecule has 0 radical (unpaired) electrons. The van der Waals surface area contributed by atoms with Gasteiger partial charge < -0.3 is 5.32 Å². The van der Waals surface area contributed by atoms with Gasteiger partial charge in [0.05, 0.1) is 0 Å². The summed E-state index contributed by atoms with van der Waals surface area (Å²) in [6.45, 7) is 0. The second-order valence-electron chi connectivity index (χ2n) is 3.98. The van der Waals surface area contributed by atoms with E-state index in [0.717, 1.165) is 18.2 Å². The number of hydrogen-bond donors (Lipinski definition) is 1. The molecule has 0 saturated carbocycles. The summed E-state index contributed by atoms with van der Waals surface area (Å²) in [6.07, 6.45) is 2.27. The standard InChI is InChI=1S/C12H15F2NS/c1-15-12(11-3-2-6-16-11)9-5-4-8(13)7-10(9)14/h4-5,7,11-12,15H,2-3,6H2,1H3. The highest BCUT2D eigenvalue weighted by atomic mass is 32.2. The monoisotopic (exact) mass is 243 g/mol. The Morgan fingerprint density at radius 1 is 1.44 bits per heavy atom. The summed E-state index contributed by atoms with van der Waals surface area (Å²) in [6, 6.07) is 3.81. The minimum atomic E-state index is -0.518. The van der Waals surface area contributed by atoms with Crippen LogP contribution >= 0.6 is 11.8 Å². The highest BCUT2D eigenvalue weighted by Crippen LogP contribution is 2.36. The third kappa shape index (κ3) is 2.38. The maximum absolute atomic E-state index is 13.7. The minimum absolute atomic E-state index is 0.0203. The van der Waals surface area contributed by atoms with Crippen molar-refractivity contribution in [1.82, 2.24) is 5.32 Å². The molecule has 4 heteroatoms. The number of halogens is 2. The van der Waals surface area contributed by atoms with Crippen LogP contribution in [0, 0.1) is 11.6 Å². The molecule has 0 amide bonds. The van der Waals surface area contributed by atoms with Crippen LogP contribution in [0.25, 0.3) is 0 Å². The summed E-state index contributed by atoms with van der Waals surface area (Å²) >= 11 is 1.86. The van der Waals surface area contributed by atoms with Gasteiger partial charge in [0, 0.05) is 22.9 Å². The van der Waals surface area contributed by atoms with Gasteiger partial charge in [-0.15, -0.1) is 0 Å². The Hall–Kier alpha value is -0.610. The van der Waals surface area contributed by atoms with Crippen LogP contribution in [0.4, 0.5) is 8.78 Å². The second-order valence-corrected chi connectivity index (χ2v) is 5.33. The van der Waals surface area contributed by atoms with Crippen LogP contribution in [0.1, 0.15) is 24.4 Å². The number of rotatable bonds is 3. The van der Waals surface area contributed by atoms with Crippen LogP contribution < -0.4 is 5.32 Å². The fraction of sp³-hybridized carbons (Fsp3) is 0.500. The van der Waals surface area contributed by atoms with Crippen molar-refractivity contribution in [3.63, 3.8) is 0 Å². The summed E-state index contributed by atoms with van der Waals surface area (Å²) < 4.78 is 26.5.